The van der Waals surface area contributed by atoms with E-state index in [-0.39, 0.29) is 5.91 Å². The van der Waals surface area contributed by atoms with Gasteiger partial charge < -0.3 is 14.5 Å². The largest absolute Gasteiger partial charge is 0.455 e. The second-order valence-corrected chi connectivity index (χ2v) is 7.26. The predicted molar refractivity (Wildman–Crippen MR) is 112 cm³/mol. The van der Waals surface area contributed by atoms with Gasteiger partial charge in [-0.15, -0.1) is 0 Å². The number of anilines is 2. The molecule has 0 atom stereocenters. The highest BCUT2D eigenvalue weighted by molar-refractivity contribution is 6.34. The van der Waals surface area contributed by atoms with Crippen LogP contribution in [0.2, 0.25) is 10.0 Å². The molecular formula is C21H17Cl2N3O2. The van der Waals surface area contributed by atoms with Crippen LogP contribution in [0.15, 0.2) is 60.9 Å². The van der Waals surface area contributed by atoms with Crippen molar-refractivity contribution in [3.63, 3.8) is 0 Å². The van der Waals surface area contributed by atoms with Crippen molar-refractivity contribution in [2.24, 2.45) is 0 Å². The molecule has 0 fully saturated rings. The van der Waals surface area contributed by atoms with Gasteiger partial charge in [0, 0.05) is 43.6 Å². The maximum absolute atomic E-state index is 13.4. The first kappa shape index (κ1) is 18.6. The van der Waals surface area contributed by atoms with Crippen molar-refractivity contribution in [3.05, 3.63) is 76.5 Å². The number of hydrogen-bond donors (Lipinski definition) is 0. The number of hydrogen-bond acceptors (Lipinski definition) is 4. The summed E-state index contributed by atoms with van der Waals surface area (Å²) in [5.41, 5.74) is 2.22. The van der Waals surface area contributed by atoms with Crippen LogP contribution in [0.1, 0.15) is 10.4 Å². The van der Waals surface area contributed by atoms with Gasteiger partial charge in [0.1, 0.15) is 17.1 Å². The Morgan fingerprint density at radius 1 is 1.04 bits per heavy atom. The summed E-state index contributed by atoms with van der Waals surface area (Å²) in [5, 5.41) is 0.902. The zero-order valence-electron chi connectivity index (χ0n) is 15.1. The lowest BCUT2D eigenvalue weighted by Gasteiger charge is -2.35. The summed E-state index contributed by atoms with van der Waals surface area (Å²) in [6.07, 6.45) is 3.08. The fourth-order valence-electron chi connectivity index (χ4n) is 3.17. The van der Waals surface area contributed by atoms with Gasteiger partial charge in [-0.3, -0.25) is 9.78 Å². The summed E-state index contributed by atoms with van der Waals surface area (Å²) in [6, 6.07) is 14.4. The van der Waals surface area contributed by atoms with E-state index >= 15 is 0 Å². The lowest BCUT2D eigenvalue weighted by Crippen LogP contribution is -2.42. The minimum atomic E-state index is -0.179. The first-order valence-electron chi connectivity index (χ1n) is 8.73. The number of nitrogens with zero attached hydrogens (tertiary/aromatic N) is 3. The molecule has 1 aliphatic rings. The summed E-state index contributed by atoms with van der Waals surface area (Å²) < 4.78 is 5.93. The number of carbonyl (C=O) groups is 1. The predicted octanol–water partition coefficient (Wildman–Crippen LogP) is 5.28. The molecule has 142 valence electrons. The number of pyridine rings is 1. The third kappa shape index (κ3) is 3.51. The molecule has 4 rings (SSSR count). The smallest absolute Gasteiger partial charge is 0.263 e. The first-order chi connectivity index (χ1) is 13.5. The summed E-state index contributed by atoms with van der Waals surface area (Å²) in [4.78, 5) is 21.4. The van der Waals surface area contributed by atoms with Crippen molar-refractivity contribution >= 4 is 40.5 Å². The van der Waals surface area contributed by atoms with E-state index in [1.807, 2.05) is 31.3 Å². The standard InChI is InChI=1S/C21H17Cl2N3O2/c1-25-10-11-26(18-5-3-2-4-17(18)25)21(27)15-13-24-9-8-19(15)28-20-12-14(22)6-7-16(20)23/h2-9,12-13H,10-11H2,1H3. The van der Waals surface area contributed by atoms with Crippen LogP contribution in [0.5, 0.6) is 11.5 Å². The molecule has 7 heteroatoms. The van der Waals surface area contributed by atoms with Crippen LogP contribution in [0.25, 0.3) is 0 Å². The molecule has 0 bridgehead atoms. The van der Waals surface area contributed by atoms with Crippen molar-refractivity contribution < 1.29 is 9.53 Å². The molecule has 0 unspecified atom stereocenters. The number of likely N-dealkylation sites (N-methyl/N-ethyl adjacent to an activating group) is 1. The van der Waals surface area contributed by atoms with Crippen molar-refractivity contribution in [2.45, 2.75) is 0 Å². The zero-order chi connectivity index (χ0) is 19.7. The Balaban J connectivity index is 1.70. The fourth-order valence-corrected chi connectivity index (χ4v) is 3.49. The number of para-hydroxylation sites is 2. The van der Waals surface area contributed by atoms with Crippen LogP contribution in [-0.4, -0.2) is 31.0 Å². The maximum Gasteiger partial charge on any atom is 0.263 e. The minimum absolute atomic E-state index is 0.179. The molecule has 2 heterocycles. The van der Waals surface area contributed by atoms with E-state index in [0.29, 0.717) is 33.7 Å². The van der Waals surface area contributed by atoms with Gasteiger partial charge in [-0.05, 0) is 30.3 Å². The Morgan fingerprint density at radius 2 is 1.82 bits per heavy atom. The summed E-state index contributed by atoms with van der Waals surface area (Å²) in [6.45, 7) is 1.30. The molecule has 0 spiro atoms. The highest BCUT2D eigenvalue weighted by atomic mass is 35.5. The molecule has 0 saturated carbocycles. The van der Waals surface area contributed by atoms with Gasteiger partial charge in [-0.2, -0.15) is 0 Å². The second-order valence-electron chi connectivity index (χ2n) is 6.42. The van der Waals surface area contributed by atoms with Crippen molar-refractivity contribution in [2.75, 3.05) is 29.9 Å². The number of fused-ring (bicyclic) bond motifs is 1. The Kier molecular flexibility index (Phi) is 5.11. The molecule has 0 aliphatic carbocycles. The number of carbonyl (C=O) groups excluding carboxylic acids is 1. The number of aromatic nitrogens is 1. The number of benzene rings is 2. The third-order valence-electron chi connectivity index (χ3n) is 4.61. The second kappa shape index (κ2) is 7.70. The van der Waals surface area contributed by atoms with E-state index in [2.05, 4.69) is 9.88 Å². The van der Waals surface area contributed by atoms with Crippen LogP contribution < -0.4 is 14.5 Å². The molecule has 1 aromatic heterocycles. The fraction of sp³-hybridized carbons (Fsp3) is 0.143. The van der Waals surface area contributed by atoms with Gasteiger partial charge in [-0.1, -0.05) is 35.3 Å². The van der Waals surface area contributed by atoms with Gasteiger partial charge >= 0.3 is 0 Å². The van der Waals surface area contributed by atoms with Gasteiger partial charge in [0.15, 0.2) is 0 Å². The normalized spacial score (nSPS) is 13.2. The summed E-state index contributed by atoms with van der Waals surface area (Å²) >= 11 is 12.3. The summed E-state index contributed by atoms with van der Waals surface area (Å²) in [7, 11) is 2.01. The van der Waals surface area contributed by atoms with Crippen LogP contribution in [-0.2, 0) is 0 Å². The van der Waals surface area contributed by atoms with Crippen molar-refractivity contribution in [1.82, 2.24) is 4.98 Å². The molecule has 1 amide bonds. The van der Waals surface area contributed by atoms with Crippen LogP contribution in [0.3, 0.4) is 0 Å². The Labute approximate surface area is 173 Å². The lowest BCUT2D eigenvalue weighted by molar-refractivity contribution is 0.0984. The first-order valence-corrected chi connectivity index (χ1v) is 9.49. The Bertz CT molecular complexity index is 1040. The maximum atomic E-state index is 13.4. The lowest BCUT2D eigenvalue weighted by atomic mass is 10.1. The zero-order valence-corrected chi connectivity index (χ0v) is 16.6. The van der Waals surface area contributed by atoms with E-state index in [0.717, 1.165) is 17.9 Å². The van der Waals surface area contributed by atoms with Crippen LogP contribution >= 0.6 is 23.2 Å². The number of amides is 1. The Morgan fingerprint density at radius 3 is 2.64 bits per heavy atom. The van der Waals surface area contributed by atoms with Gasteiger partial charge in [0.05, 0.1) is 16.4 Å². The minimum Gasteiger partial charge on any atom is -0.455 e. The average Bonchev–Trinajstić information content (AvgIpc) is 2.71. The van der Waals surface area contributed by atoms with Crippen LogP contribution in [0.4, 0.5) is 11.4 Å². The SMILES string of the molecule is CN1CCN(C(=O)c2cnccc2Oc2cc(Cl)ccc2Cl)c2ccccc21. The highest BCUT2D eigenvalue weighted by Gasteiger charge is 2.28. The van der Waals surface area contributed by atoms with Gasteiger partial charge in [0.25, 0.3) is 5.91 Å². The highest BCUT2D eigenvalue weighted by Crippen LogP contribution is 2.36. The molecule has 28 heavy (non-hydrogen) atoms. The van der Waals surface area contributed by atoms with Gasteiger partial charge in [-0.25, -0.2) is 0 Å². The van der Waals surface area contributed by atoms with Crippen LogP contribution in [0, 0.1) is 0 Å². The molecule has 0 saturated heterocycles. The number of rotatable bonds is 3. The molecule has 0 radical (unpaired) electrons. The molecule has 1 aliphatic heterocycles. The topological polar surface area (TPSA) is 45.7 Å². The Hall–Kier alpha value is -2.76. The molecule has 3 aromatic rings. The quantitative estimate of drug-likeness (QED) is 0.585. The monoisotopic (exact) mass is 413 g/mol. The molecule has 0 N–H and O–H groups in total. The van der Waals surface area contributed by atoms with Crippen molar-refractivity contribution in [3.8, 4) is 11.5 Å². The van der Waals surface area contributed by atoms with E-state index in [1.54, 1.807) is 35.4 Å². The molecule has 2 aromatic carbocycles. The van der Waals surface area contributed by atoms with E-state index in [4.69, 9.17) is 27.9 Å². The number of ether oxygens (including phenoxy) is 1. The molecule has 5 nitrogen and oxygen atoms in total. The average molecular weight is 414 g/mol. The van der Waals surface area contributed by atoms with E-state index in [1.165, 1.54) is 6.20 Å². The van der Waals surface area contributed by atoms with Gasteiger partial charge in [0.2, 0.25) is 0 Å². The summed E-state index contributed by atoms with van der Waals surface area (Å²) in [5.74, 6) is 0.579. The number of halogens is 2. The van der Waals surface area contributed by atoms with E-state index < -0.39 is 0 Å². The third-order valence-corrected chi connectivity index (χ3v) is 5.16. The van der Waals surface area contributed by atoms with Crippen molar-refractivity contribution in [1.29, 1.82) is 0 Å². The van der Waals surface area contributed by atoms with E-state index in [9.17, 15) is 4.79 Å². The molecular weight excluding hydrogens is 397 g/mol.